The summed E-state index contributed by atoms with van der Waals surface area (Å²) in [6.45, 7) is 6.89. The Balaban J connectivity index is 1.91. The number of carbonyl (C=O) groups is 2. The Hall–Kier alpha value is -4.96. The van der Waals surface area contributed by atoms with E-state index in [0.29, 0.717) is 11.5 Å². The van der Waals surface area contributed by atoms with Gasteiger partial charge in [-0.15, -0.1) is 0 Å². The fourth-order valence-corrected chi connectivity index (χ4v) is 3.82. The number of benzene rings is 4. The van der Waals surface area contributed by atoms with E-state index in [2.05, 4.69) is 37.4 Å². The predicted molar refractivity (Wildman–Crippen MR) is 142 cm³/mol. The molecule has 176 valence electrons. The summed E-state index contributed by atoms with van der Waals surface area (Å²) in [5, 5.41) is 0. The van der Waals surface area contributed by atoms with Crippen molar-refractivity contribution < 1.29 is 19.1 Å². The first-order valence-electron chi connectivity index (χ1n) is 11.3. The van der Waals surface area contributed by atoms with Gasteiger partial charge < -0.3 is 9.47 Å². The van der Waals surface area contributed by atoms with Gasteiger partial charge in [0, 0.05) is 12.2 Å². The van der Waals surface area contributed by atoms with E-state index < -0.39 is 11.9 Å². The quantitative estimate of drug-likeness (QED) is 0.121. The van der Waals surface area contributed by atoms with Gasteiger partial charge in [-0.1, -0.05) is 98.1 Å². The van der Waals surface area contributed by atoms with E-state index in [1.54, 1.807) is 24.3 Å². The first kappa shape index (κ1) is 24.2. The van der Waals surface area contributed by atoms with Gasteiger partial charge in [0.1, 0.15) is 11.5 Å². The molecule has 0 amide bonds. The third kappa shape index (κ3) is 5.75. The minimum Gasteiger partial charge on any atom is -0.423 e. The SMILES string of the molecule is C=CC(=O)Oc1ccc(/C(=C(\c2ccccc2)c2ccc(OC(=O)C=C)cc2)c2ccccc2)cc1. The van der Waals surface area contributed by atoms with Crippen LogP contribution >= 0.6 is 0 Å². The maximum Gasteiger partial charge on any atom is 0.335 e. The summed E-state index contributed by atoms with van der Waals surface area (Å²) in [4.78, 5) is 23.3. The molecule has 0 radical (unpaired) electrons. The van der Waals surface area contributed by atoms with Crippen molar-refractivity contribution in [2.75, 3.05) is 0 Å². The topological polar surface area (TPSA) is 52.6 Å². The van der Waals surface area contributed by atoms with Crippen LogP contribution in [0.5, 0.6) is 11.5 Å². The van der Waals surface area contributed by atoms with Gasteiger partial charge in [-0.05, 0) is 57.7 Å². The standard InChI is InChI=1S/C32H24O4/c1-3-29(33)35-27-19-15-25(16-20-27)31(23-11-7-5-8-12-23)32(24-13-9-6-10-14-24)26-17-21-28(22-18-26)36-30(34)4-2/h3-22H,1-2H2/b32-31+. The molecule has 4 aromatic carbocycles. The predicted octanol–water partition coefficient (Wildman–Crippen LogP) is 6.88. The van der Waals surface area contributed by atoms with E-state index in [1.165, 1.54) is 0 Å². The van der Waals surface area contributed by atoms with E-state index in [-0.39, 0.29) is 0 Å². The van der Waals surface area contributed by atoms with Crippen molar-refractivity contribution in [1.29, 1.82) is 0 Å². The van der Waals surface area contributed by atoms with Gasteiger partial charge in [-0.3, -0.25) is 0 Å². The Morgan fingerprint density at radius 1 is 0.472 bits per heavy atom. The largest absolute Gasteiger partial charge is 0.423 e. The highest BCUT2D eigenvalue weighted by atomic mass is 16.5. The Morgan fingerprint density at radius 2 is 0.778 bits per heavy atom. The Bertz CT molecular complexity index is 1290. The fourth-order valence-electron chi connectivity index (χ4n) is 3.82. The summed E-state index contributed by atoms with van der Waals surface area (Å²) >= 11 is 0. The van der Waals surface area contributed by atoms with Crippen LogP contribution in [0, 0.1) is 0 Å². The van der Waals surface area contributed by atoms with Gasteiger partial charge in [-0.2, -0.15) is 0 Å². The normalized spacial score (nSPS) is 11.1. The highest BCUT2D eigenvalue weighted by Gasteiger charge is 2.17. The number of hydrogen-bond acceptors (Lipinski definition) is 4. The van der Waals surface area contributed by atoms with E-state index in [0.717, 1.165) is 45.6 Å². The van der Waals surface area contributed by atoms with Gasteiger partial charge in [0.05, 0.1) is 0 Å². The molecule has 0 aromatic heterocycles. The average molecular weight is 473 g/mol. The van der Waals surface area contributed by atoms with Crippen LogP contribution < -0.4 is 9.47 Å². The molecule has 4 rings (SSSR count). The molecule has 4 heteroatoms. The third-order valence-corrected chi connectivity index (χ3v) is 5.43. The van der Waals surface area contributed by atoms with Crippen LogP contribution in [0.2, 0.25) is 0 Å². The van der Waals surface area contributed by atoms with Crippen LogP contribution in [0.15, 0.2) is 135 Å². The summed E-state index contributed by atoms with van der Waals surface area (Å²) in [7, 11) is 0. The molecule has 36 heavy (non-hydrogen) atoms. The third-order valence-electron chi connectivity index (χ3n) is 5.43. The molecule has 0 saturated carbocycles. The molecule has 0 aliphatic carbocycles. The molecule has 0 atom stereocenters. The van der Waals surface area contributed by atoms with Crippen molar-refractivity contribution in [2.24, 2.45) is 0 Å². The Labute approximate surface area is 210 Å². The van der Waals surface area contributed by atoms with Gasteiger partial charge in [-0.25, -0.2) is 9.59 Å². The van der Waals surface area contributed by atoms with Crippen LogP contribution in [-0.4, -0.2) is 11.9 Å². The number of esters is 2. The van der Waals surface area contributed by atoms with Gasteiger partial charge in [0.15, 0.2) is 0 Å². The number of carbonyl (C=O) groups excluding carboxylic acids is 2. The van der Waals surface area contributed by atoms with Crippen LogP contribution in [0.3, 0.4) is 0 Å². The highest BCUT2D eigenvalue weighted by molar-refractivity contribution is 6.04. The Kier molecular flexibility index (Phi) is 7.69. The fraction of sp³-hybridized carbons (Fsp3) is 0. The molecule has 0 fully saturated rings. The van der Waals surface area contributed by atoms with Crippen molar-refractivity contribution in [1.82, 2.24) is 0 Å². The molecule has 0 N–H and O–H groups in total. The second-order valence-electron chi connectivity index (χ2n) is 7.78. The lowest BCUT2D eigenvalue weighted by molar-refractivity contribution is -0.129. The van der Waals surface area contributed by atoms with Crippen molar-refractivity contribution in [3.63, 3.8) is 0 Å². The first-order chi connectivity index (χ1) is 17.6. The number of ether oxygens (including phenoxy) is 2. The van der Waals surface area contributed by atoms with Crippen molar-refractivity contribution in [2.45, 2.75) is 0 Å². The van der Waals surface area contributed by atoms with Crippen LogP contribution in [-0.2, 0) is 9.59 Å². The number of hydrogen-bond donors (Lipinski definition) is 0. The molecular formula is C32H24O4. The minimum atomic E-state index is -0.510. The molecule has 0 heterocycles. The van der Waals surface area contributed by atoms with Crippen molar-refractivity contribution >= 4 is 23.1 Å². The number of rotatable bonds is 8. The van der Waals surface area contributed by atoms with E-state index in [1.807, 2.05) is 60.7 Å². The smallest absolute Gasteiger partial charge is 0.335 e. The molecule has 4 nitrogen and oxygen atoms in total. The van der Waals surface area contributed by atoms with Crippen LogP contribution in [0.25, 0.3) is 11.1 Å². The molecule has 0 aliphatic rings. The summed E-state index contributed by atoms with van der Waals surface area (Å²) in [6, 6.07) is 34.9. The summed E-state index contributed by atoms with van der Waals surface area (Å²) in [5.41, 5.74) is 5.93. The maximum absolute atomic E-state index is 11.6. The van der Waals surface area contributed by atoms with Crippen molar-refractivity contribution in [3.05, 3.63) is 157 Å². The minimum absolute atomic E-state index is 0.436. The lowest BCUT2D eigenvalue weighted by atomic mass is 9.86. The molecule has 0 saturated heterocycles. The summed E-state index contributed by atoms with van der Waals surface area (Å²) < 4.78 is 10.5. The summed E-state index contributed by atoms with van der Waals surface area (Å²) in [6.07, 6.45) is 2.26. The molecular weight excluding hydrogens is 448 g/mol. The zero-order chi connectivity index (χ0) is 25.3. The van der Waals surface area contributed by atoms with Crippen LogP contribution in [0.4, 0.5) is 0 Å². The molecule has 0 unspecified atom stereocenters. The zero-order valence-electron chi connectivity index (χ0n) is 19.6. The van der Waals surface area contributed by atoms with Gasteiger partial charge >= 0.3 is 11.9 Å². The lowest BCUT2D eigenvalue weighted by Crippen LogP contribution is -2.03. The average Bonchev–Trinajstić information content (AvgIpc) is 2.93. The van der Waals surface area contributed by atoms with Gasteiger partial charge in [0.2, 0.25) is 0 Å². The van der Waals surface area contributed by atoms with Gasteiger partial charge in [0.25, 0.3) is 0 Å². The second kappa shape index (κ2) is 11.4. The molecule has 0 aliphatic heterocycles. The lowest BCUT2D eigenvalue weighted by Gasteiger charge is -2.18. The van der Waals surface area contributed by atoms with Crippen LogP contribution in [0.1, 0.15) is 22.3 Å². The van der Waals surface area contributed by atoms with E-state index in [4.69, 9.17) is 9.47 Å². The summed E-state index contributed by atoms with van der Waals surface area (Å²) in [5.74, 6) is -0.149. The van der Waals surface area contributed by atoms with Crippen molar-refractivity contribution in [3.8, 4) is 11.5 Å². The van der Waals surface area contributed by atoms with E-state index in [9.17, 15) is 9.59 Å². The second-order valence-corrected chi connectivity index (χ2v) is 7.78. The molecule has 4 aromatic rings. The zero-order valence-corrected chi connectivity index (χ0v) is 19.6. The molecule has 0 spiro atoms. The monoisotopic (exact) mass is 472 g/mol. The maximum atomic E-state index is 11.6. The first-order valence-corrected chi connectivity index (χ1v) is 11.3. The molecule has 0 bridgehead atoms. The van der Waals surface area contributed by atoms with E-state index >= 15 is 0 Å². The Morgan fingerprint density at radius 3 is 1.08 bits per heavy atom. The highest BCUT2D eigenvalue weighted by Crippen LogP contribution is 2.37.